The van der Waals surface area contributed by atoms with Crippen LogP contribution < -0.4 is 5.32 Å². The second-order valence-corrected chi connectivity index (χ2v) is 6.22. The van der Waals surface area contributed by atoms with Crippen LogP contribution in [0.3, 0.4) is 0 Å². The van der Waals surface area contributed by atoms with Gasteiger partial charge in [0.2, 0.25) is 0 Å². The fourth-order valence-electron chi connectivity index (χ4n) is 3.36. The van der Waals surface area contributed by atoms with Gasteiger partial charge in [-0.2, -0.15) is 5.10 Å². The van der Waals surface area contributed by atoms with Gasteiger partial charge in [-0.25, -0.2) is 9.78 Å². The molecule has 0 unspecified atom stereocenters. The maximum absolute atomic E-state index is 12.6. The first-order chi connectivity index (χ1) is 11.7. The van der Waals surface area contributed by atoms with Crippen LogP contribution in [0, 0.1) is 0 Å². The van der Waals surface area contributed by atoms with Crippen molar-refractivity contribution >= 4 is 29.2 Å². The van der Waals surface area contributed by atoms with E-state index in [9.17, 15) is 9.59 Å². The van der Waals surface area contributed by atoms with Gasteiger partial charge in [0, 0.05) is 0 Å². The topological polar surface area (TPSA) is 87.5 Å². The molecular weight excluding hydrogens is 306 g/mol. The largest absolute Gasteiger partial charge is 0.346 e. The van der Waals surface area contributed by atoms with Gasteiger partial charge in [0.1, 0.15) is 11.2 Å². The van der Waals surface area contributed by atoms with E-state index in [4.69, 9.17) is 0 Å². The summed E-state index contributed by atoms with van der Waals surface area (Å²) in [6, 6.07) is 7.02. The first kappa shape index (κ1) is 14.7. The van der Waals surface area contributed by atoms with Gasteiger partial charge >= 0.3 is 6.03 Å². The van der Waals surface area contributed by atoms with Crippen LogP contribution in [-0.2, 0) is 4.79 Å². The second-order valence-electron chi connectivity index (χ2n) is 6.22. The lowest BCUT2D eigenvalue weighted by Gasteiger charge is -2.29. The van der Waals surface area contributed by atoms with Crippen molar-refractivity contribution in [2.45, 2.75) is 37.6 Å². The van der Waals surface area contributed by atoms with E-state index in [2.05, 4.69) is 20.4 Å². The lowest BCUT2D eigenvalue weighted by Crippen LogP contribution is -2.48. The van der Waals surface area contributed by atoms with Crippen LogP contribution >= 0.6 is 0 Å². The molecule has 0 atom stereocenters. The number of benzene rings is 1. The first-order valence-electron chi connectivity index (χ1n) is 8.10. The number of nitrogens with zero attached hydrogens (tertiary/aromatic N) is 4. The average molecular weight is 323 g/mol. The summed E-state index contributed by atoms with van der Waals surface area (Å²) in [6.07, 6.45) is 7.32. The highest BCUT2D eigenvalue weighted by atomic mass is 16.2. The molecule has 1 aromatic carbocycles. The van der Waals surface area contributed by atoms with E-state index in [0.29, 0.717) is 18.5 Å². The Bertz CT molecular complexity index is 842. The summed E-state index contributed by atoms with van der Waals surface area (Å²) >= 11 is 0. The number of aromatic nitrogens is 2. The fraction of sp³-hybridized carbons (Fsp3) is 0.353. The Morgan fingerprint density at radius 1 is 1.12 bits per heavy atom. The van der Waals surface area contributed by atoms with Crippen molar-refractivity contribution in [3.05, 3.63) is 36.2 Å². The van der Waals surface area contributed by atoms with Crippen molar-refractivity contribution in [2.75, 3.05) is 0 Å². The smallest absolute Gasteiger partial charge is 0.321 e. The van der Waals surface area contributed by atoms with Crippen LogP contribution in [0.1, 0.15) is 37.8 Å². The lowest BCUT2D eigenvalue weighted by molar-refractivity contribution is -0.132. The average Bonchev–Trinajstić information content (AvgIpc) is 2.83. The minimum absolute atomic E-state index is 0.266. The van der Waals surface area contributed by atoms with E-state index in [1.165, 1.54) is 6.21 Å². The highest BCUT2D eigenvalue weighted by Gasteiger charge is 2.51. The Balaban J connectivity index is 1.58. The van der Waals surface area contributed by atoms with Gasteiger partial charge in [-0.3, -0.25) is 9.78 Å². The Morgan fingerprint density at radius 3 is 2.67 bits per heavy atom. The number of hydrogen-bond donors (Lipinski definition) is 1. The molecule has 2 aliphatic rings. The molecule has 2 fully saturated rings. The standard InChI is InChI=1S/C17H17N5O2/c23-15-17(8-4-1-5-9-17)21-16(24)22(15)19-11-12-10-18-13-6-2-3-7-14(13)20-12/h2-3,6-7,10-11H,1,4-5,8-9H2,(H,21,24)/b19-11-. The number of amides is 3. The number of imide groups is 1. The van der Waals surface area contributed by atoms with Crippen molar-refractivity contribution in [1.29, 1.82) is 0 Å². The highest BCUT2D eigenvalue weighted by Crippen LogP contribution is 2.33. The molecular formula is C17H17N5O2. The Labute approximate surface area is 138 Å². The predicted molar refractivity (Wildman–Crippen MR) is 88.3 cm³/mol. The van der Waals surface area contributed by atoms with Crippen LogP contribution in [0.2, 0.25) is 0 Å². The molecule has 2 heterocycles. The van der Waals surface area contributed by atoms with Gasteiger partial charge in [-0.15, -0.1) is 5.01 Å². The molecule has 4 rings (SSSR count). The summed E-state index contributed by atoms with van der Waals surface area (Å²) in [5, 5.41) is 7.80. The SMILES string of the molecule is O=C1NC2(CCCCC2)C(=O)N1/N=C\c1cnc2ccccc2n1. The van der Waals surface area contributed by atoms with Crippen molar-refractivity contribution in [2.24, 2.45) is 5.10 Å². The lowest BCUT2D eigenvalue weighted by atomic mass is 9.82. The minimum atomic E-state index is -0.762. The van der Waals surface area contributed by atoms with Crippen molar-refractivity contribution in [1.82, 2.24) is 20.3 Å². The highest BCUT2D eigenvalue weighted by molar-refractivity contribution is 6.07. The Kier molecular flexibility index (Phi) is 3.48. The Morgan fingerprint density at radius 2 is 1.88 bits per heavy atom. The molecule has 2 aromatic rings. The van der Waals surface area contributed by atoms with E-state index in [1.54, 1.807) is 6.20 Å². The summed E-state index contributed by atoms with van der Waals surface area (Å²) < 4.78 is 0. The molecule has 7 nitrogen and oxygen atoms in total. The van der Waals surface area contributed by atoms with Gasteiger partial charge in [-0.1, -0.05) is 31.4 Å². The number of nitrogens with one attached hydrogen (secondary N) is 1. The number of urea groups is 1. The van der Waals surface area contributed by atoms with E-state index >= 15 is 0 Å². The molecule has 1 aliphatic carbocycles. The molecule has 1 aliphatic heterocycles. The molecule has 1 saturated heterocycles. The van der Waals surface area contributed by atoms with E-state index in [-0.39, 0.29) is 5.91 Å². The summed E-state index contributed by atoms with van der Waals surface area (Å²) in [5.74, 6) is -0.266. The molecule has 1 saturated carbocycles. The molecule has 0 bridgehead atoms. The zero-order valence-corrected chi connectivity index (χ0v) is 13.1. The van der Waals surface area contributed by atoms with Crippen molar-refractivity contribution in [3.8, 4) is 0 Å². The number of para-hydroxylation sites is 2. The maximum atomic E-state index is 12.6. The molecule has 24 heavy (non-hydrogen) atoms. The quantitative estimate of drug-likeness (QED) is 0.678. The summed E-state index contributed by atoms with van der Waals surface area (Å²) in [7, 11) is 0. The van der Waals surface area contributed by atoms with Crippen molar-refractivity contribution < 1.29 is 9.59 Å². The van der Waals surface area contributed by atoms with Crippen LogP contribution in [-0.4, -0.2) is 38.7 Å². The van der Waals surface area contributed by atoms with Crippen LogP contribution in [0.4, 0.5) is 4.79 Å². The van der Waals surface area contributed by atoms with Crippen LogP contribution in [0.15, 0.2) is 35.6 Å². The van der Waals surface area contributed by atoms with Gasteiger partial charge in [0.15, 0.2) is 0 Å². The first-order valence-corrected chi connectivity index (χ1v) is 8.10. The molecule has 1 spiro atoms. The summed E-state index contributed by atoms with van der Waals surface area (Å²) in [4.78, 5) is 33.5. The third-order valence-electron chi connectivity index (χ3n) is 4.62. The molecule has 7 heteroatoms. The molecule has 1 aromatic heterocycles. The third kappa shape index (κ3) is 2.42. The normalized spacial score (nSPS) is 20.2. The molecule has 0 radical (unpaired) electrons. The van der Waals surface area contributed by atoms with Gasteiger partial charge in [-0.05, 0) is 25.0 Å². The van der Waals surface area contributed by atoms with Gasteiger partial charge in [0.05, 0.1) is 23.4 Å². The molecule has 122 valence electrons. The number of carbonyl (C=O) groups excluding carboxylic acids is 2. The third-order valence-corrected chi connectivity index (χ3v) is 4.62. The fourth-order valence-corrected chi connectivity index (χ4v) is 3.36. The predicted octanol–water partition coefficient (Wildman–Crippen LogP) is 2.22. The zero-order chi connectivity index (χ0) is 16.6. The Hall–Kier alpha value is -2.83. The monoisotopic (exact) mass is 323 g/mol. The van der Waals surface area contributed by atoms with E-state index in [0.717, 1.165) is 35.3 Å². The number of rotatable bonds is 2. The van der Waals surface area contributed by atoms with Gasteiger partial charge < -0.3 is 5.32 Å². The summed E-state index contributed by atoms with van der Waals surface area (Å²) in [5.41, 5.74) is 1.26. The number of hydrogen-bond acceptors (Lipinski definition) is 5. The maximum Gasteiger partial charge on any atom is 0.346 e. The minimum Gasteiger partial charge on any atom is -0.321 e. The van der Waals surface area contributed by atoms with E-state index < -0.39 is 11.6 Å². The van der Waals surface area contributed by atoms with Crippen LogP contribution in [0.5, 0.6) is 0 Å². The molecule has 1 N–H and O–H groups in total. The molecule has 3 amide bonds. The van der Waals surface area contributed by atoms with Crippen molar-refractivity contribution in [3.63, 3.8) is 0 Å². The van der Waals surface area contributed by atoms with Crippen LogP contribution in [0.25, 0.3) is 11.0 Å². The van der Waals surface area contributed by atoms with E-state index in [1.807, 2.05) is 24.3 Å². The second kappa shape index (κ2) is 5.67. The number of fused-ring (bicyclic) bond motifs is 1. The summed E-state index contributed by atoms with van der Waals surface area (Å²) in [6.45, 7) is 0. The zero-order valence-electron chi connectivity index (χ0n) is 13.1. The van der Waals surface area contributed by atoms with Gasteiger partial charge in [0.25, 0.3) is 5.91 Å². The number of carbonyl (C=O) groups is 2. The number of hydrazone groups is 1.